The van der Waals surface area contributed by atoms with Crippen LogP contribution in [0.2, 0.25) is 0 Å². The molecule has 2 aromatic carbocycles. The van der Waals surface area contributed by atoms with Crippen LogP contribution in [-0.4, -0.2) is 12.5 Å². The summed E-state index contributed by atoms with van der Waals surface area (Å²) in [5.41, 5.74) is 2.47. The first-order valence-corrected chi connectivity index (χ1v) is 8.05. The van der Waals surface area contributed by atoms with E-state index in [9.17, 15) is 4.79 Å². The summed E-state index contributed by atoms with van der Waals surface area (Å²) < 4.78 is 6.55. The summed E-state index contributed by atoms with van der Waals surface area (Å²) in [7, 11) is 0. The van der Waals surface area contributed by atoms with E-state index in [1.807, 2.05) is 49.4 Å². The van der Waals surface area contributed by atoms with Crippen LogP contribution in [0.15, 0.2) is 46.9 Å². The van der Waals surface area contributed by atoms with Crippen molar-refractivity contribution in [1.82, 2.24) is 0 Å². The number of aryl methyl sites for hydroxylation is 1. The zero-order valence-corrected chi connectivity index (χ0v) is 14.6. The molecule has 1 amide bonds. The SMILES string of the molecule is Cc1ccc(C(=O)Nc2ccc(OCC(C)C)cc2)cc1Br. The van der Waals surface area contributed by atoms with E-state index in [2.05, 4.69) is 35.1 Å². The Kier molecular flexibility index (Phi) is 5.61. The number of hydrogen-bond donors (Lipinski definition) is 1. The molecule has 4 heteroatoms. The maximum atomic E-state index is 12.2. The first-order chi connectivity index (χ1) is 10.5. The smallest absolute Gasteiger partial charge is 0.255 e. The third-order valence-electron chi connectivity index (χ3n) is 3.13. The molecule has 0 fully saturated rings. The van der Waals surface area contributed by atoms with Crippen LogP contribution in [0.25, 0.3) is 0 Å². The summed E-state index contributed by atoms with van der Waals surface area (Å²) in [5.74, 6) is 1.17. The predicted molar refractivity (Wildman–Crippen MR) is 93.6 cm³/mol. The van der Waals surface area contributed by atoms with Gasteiger partial charge in [0.05, 0.1) is 6.61 Å². The van der Waals surface area contributed by atoms with Crippen molar-refractivity contribution in [2.75, 3.05) is 11.9 Å². The van der Waals surface area contributed by atoms with Gasteiger partial charge in [0.25, 0.3) is 5.91 Å². The van der Waals surface area contributed by atoms with Crippen molar-refractivity contribution in [2.24, 2.45) is 5.92 Å². The second-order valence-electron chi connectivity index (χ2n) is 5.65. The Morgan fingerprint density at radius 1 is 1.18 bits per heavy atom. The van der Waals surface area contributed by atoms with Crippen LogP contribution in [0, 0.1) is 12.8 Å². The molecule has 0 aliphatic carbocycles. The van der Waals surface area contributed by atoms with Crippen molar-refractivity contribution in [2.45, 2.75) is 20.8 Å². The normalized spacial score (nSPS) is 10.6. The van der Waals surface area contributed by atoms with Gasteiger partial charge in [0.2, 0.25) is 0 Å². The van der Waals surface area contributed by atoms with Gasteiger partial charge in [-0.3, -0.25) is 4.79 Å². The number of anilines is 1. The highest BCUT2D eigenvalue weighted by atomic mass is 79.9. The fourth-order valence-corrected chi connectivity index (χ4v) is 2.21. The van der Waals surface area contributed by atoms with Gasteiger partial charge in [-0.2, -0.15) is 0 Å². The molecule has 0 heterocycles. The van der Waals surface area contributed by atoms with E-state index in [-0.39, 0.29) is 5.91 Å². The molecule has 0 atom stereocenters. The summed E-state index contributed by atoms with van der Waals surface area (Å²) >= 11 is 3.44. The van der Waals surface area contributed by atoms with E-state index in [0.717, 1.165) is 21.5 Å². The fraction of sp³-hybridized carbons (Fsp3) is 0.278. The van der Waals surface area contributed by atoms with E-state index in [4.69, 9.17) is 4.74 Å². The lowest BCUT2D eigenvalue weighted by Gasteiger charge is -2.10. The maximum Gasteiger partial charge on any atom is 0.255 e. The highest BCUT2D eigenvalue weighted by Crippen LogP contribution is 2.20. The van der Waals surface area contributed by atoms with Crippen molar-refractivity contribution in [3.8, 4) is 5.75 Å². The van der Waals surface area contributed by atoms with E-state index < -0.39 is 0 Å². The Morgan fingerprint density at radius 3 is 2.45 bits per heavy atom. The van der Waals surface area contributed by atoms with E-state index in [1.54, 1.807) is 0 Å². The van der Waals surface area contributed by atoms with Gasteiger partial charge < -0.3 is 10.1 Å². The van der Waals surface area contributed by atoms with Gasteiger partial charge in [-0.1, -0.05) is 35.8 Å². The quantitative estimate of drug-likeness (QED) is 0.809. The molecule has 0 aliphatic heterocycles. The number of rotatable bonds is 5. The van der Waals surface area contributed by atoms with Crippen molar-refractivity contribution >= 4 is 27.5 Å². The molecule has 0 aliphatic rings. The van der Waals surface area contributed by atoms with Crippen LogP contribution in [0.4, 0.5) is 5.69 Å². The lowest BCUT2D eigenvalue weighted by molar-refractivity contribution is 0.102. The van der Waals surface area contributed by atoms with Crippen molar-refractivity contribution in [3.05, 3.63) is 58.1 Å². The van der Waals surface area contributed by atoms with Crippen LogP contribution in [0.5, 0.6) is 5.75 Å². The minimum atomic E-state index is -0.128. The molecule has 3 nitrogen and oxygen atoms in total. The van der Waals surface area contributed by atoms with Gasteiger partial charge >= 0.3 is 0 Å². The summed E-state index contributed by atoms with van der Waals surface area (Å²) in [6, 6.07) is 13.0. The van der Waals surface area contributed by atoms with Gasteiger partial charge in [0.1, 0.15) is 5.75 Å². The average molecular weight is 362 g/mol. The lowest BCUT2D eigenvalue weighted by atomic mass is 10.1. The first-order valence-electron chi connectivity index (χ1n) is 7.26. The summed E-state index contributed by atoms with van der Waals surface area (Å²) in [4.78, 5) is 12.2. The third-order valence-corrected chi connectivity index (χ3v) is 3.98. The van der Waals surface area contributed by atoms with Gasteiger partial charge in [-0.15, -0.1) is 0 Å². The number of halogens is 1. The molecule has 0 radical (unpaired) electrons. The molecular formula is C18H20BrNO2. The minimum absolute atomic E-state index is 0.128. The molecule has 1 N–H and O–H groups in total. The minimum Gasteiger partial charge on any atom is -0.493 e. The molecule has 2 aromatic rings. The van der Waals surface area contributed by atoms with Crippen molar-refractivity contribution in [3.63, 3.8) is 0 Å². The number of amides is 1. The summed E-state index contributed by atoms with van der Waals surface area (Å²) in [6.07, 6.45) is 0. The number of ether oxygens (including phenoxy) is 1. The largest absolute Gasteiger partial charge is 0.493 e. The standard InChI is InChI=1S/C18H20BrNO2/c1-12(2)11-22-16-8-6-15(7-9-16)20-18(21)14-5-4-13(3)17(19)10-14/h4-10,12H,11H2,1-3H3,(H,20,21). The Bertz CT molecular complexity index is 651. The predicted octanol–water partition coefficient (Wildman–Crippen LogP) is 5.04. The first kappa shape index (κ1) is 16.6. The van der Waals surface area contributed by atoms with Gasteiger partial charge in [-0.25, -0.2) is 0 Å². The zero-order valence-electron chi connectivity index (χ0n) is 13.0. The molecule has 0 bridgehead atoms. The van der Waals surface area contributed by atoms with Crippen LogP contribution in [0.1, 0.15) is 29.8 Å². The molecular weight excluding hydrogens is 342 g/mol. The topological polar surface area (TPSA) is 38.3 Å². The molecule has 22 heavy (non-hydrogen) atoms. The van der Waals surface area contributed by atoms with Gasteiger partial charge in [0, 0.05) is 15.7 Å². The molecule has 116 valence electrons. The third kappa shape index (κ3) is 4.60. The van der Waals surface area contributed by atoms with Gasteiger partial charge in [0.15, 0.2) is 0 Å². The monoisotopic (exact) mass is 361 g/mol. The molecule has 2 rings (SSSR count). The second-order valence-corrected chi connectivity index (χ2v) is 6.50. The number of carbonyl (C=O) groups is 1. The lowest BCUT2D eigenvalue weighted by Crippen LogP contribution is -2.12. The van der Waals surface area contributed by atoms with Crippen molar-refractivity contribution < 1.29 is 9.53 Å². The Hall–Kier alpha value is -1.81. The van der Waals surface area contributed by atoms with Crippen LogP contribution >= 0.6 is 15.9 Å². The van der Waals surface area contributed by atoms with E-state index in [0.29, 0.717) is 18.1 Å². The van der Waals surface area contributed by atoms with Crippen LogP contribution < -0.4 is 10.1 Å². The fourth-order valence-electron chi connectivity index (χ4n) is 1.83. The Balaban J connectivity index is 2.00. The molecule has 0 saturated carbocycles. The van der Waals surface area contributed by atoms with Gasteiger partial charge in [-0.05, 0) is 54.8 Å². The number of hydrogen-bond acceptors (Lipinski definition) is 2. The van der Waals surface area contributed by atoms with Crippen LogP contribution in [-0.2, 0) is 0 Å². The Labute approximate surface area is 139 Å². The maximum absolute atomic E-state index is 12.2. The number of benzene rings is 2. The molecule has 0 spiro atoms. The number of nitrogens with one attached hydrogen (secondary N) is 1. The van der Waals surface area contributed by atoms with Crippen LogP contribution in [0.3, 0.4) is 0 Å². The average Bonchev–Trinajstić information content (AvgIpc) is 2.49. The molecule has 0 aromatic heterocycles. The molecule has 0 unspecified atom stereocenters. The van der Waals surface area contributed by atoms with Crippen molar-refractivity contribution in [1.29, 1.82) is 0 Å². The number of carbonyl (C=O) groups excluding carboxylic acids is 1. The van der Waals surface area contributed by atoms with E-state index in [1.165, 1.54) is 0 Å². The summed E-state index contributed by atoms with van der Waals surface area (Å²) in [5, 5.41) is 2.88. The Morgan fingerprint density at radius 2 is 1.86 bits per heavy atom. The second kappa shape index (κ2) is 7.45. The van der Waals surface area contributed by atoms with E-state index >= 15 is 0 Å². The molecule has 0 saturated heterocycles. The highest BCUT2D eigenvalue weighted by molar-refractivity contribution is 9.10. The highest BCUT2D eigenvalue weighted by Gasteiger charge is 2.08. The zero-order chi connectivity index (χ0) is 16.1. The summed E-state index contributed by atoms with van der Waals surface area (Å²) in [6.45, 7) is 6.88.